The summed E-state index contributed by atoms with van der Waals surface area (Å²) >= 11 is 13.7. The van der Waals surface area contributed by atoms with Gasteiger partial charge in [0.05, 0.1) is 16.6 Å². The van der Waals surface area contributed by atoms with Crippen LogP contribution < -0.4 is 10.3 Å². The third-order valence-corrected chi connectivity index (χ3v) is 5.80. The number of hydrogen-bond donors (Lipinski definition) is 0. The van der Waals surface area contributed by atoms with Crippen LogP contribution in [-0.2, 0) is 0 Å². The van der Waals surface area contributed by atoms with Gasteiger partial charge in [-0.2, -0.15) is 9.78 Å². The smallest absolute Gasteiger partial charge is 0.282 e. The maximum absolute atomic E-state index is 12.7. The monoisotopic (exact) mass is 405 g/mol. The SMILES string of the molecule is Cc1sc2ncn(/N=C/C3=Cc4cc(Cl)cc(Cl)c4OC3)c(=O)c2c1C. The molecule has 0 amide bonds. The molecule has 0 atom stereocenters. The Morgan fingerprint density at radius 3 is 2.96 bits per heavy atom. The topological polar surface area (TPSA) is 56.5 Å². The number of ether oxygens (including phenoxy) is 1. The third-order valence-electron chi connectivity index (χ3n) is 4.18. The van der Waals surface area contributed by atoms with Gasteiger partial charge in [0.2, 0.25) is 0 Å². The molecule has 0 fully saturated rings. The van der Waals surface area contributed by atoms with Crippen molar-refractivity contribution >= 4 is 57.0 Å². The quantitative estimate of drug-likeness (QED) is 0.580. The highest BCUT2D eigenvalue weighted by atomic mass is 35.5. The van der Waals surface area contributed by atoms with E-state index in [-0.39, 0.29) is 5.56 Å². The number of rotatable bonds is 2. The minimum absolute atomic E-state index is 0.183. The van der Waals surface area contributed by atoms with Crippen LogP contribution in [0.5, 0.6) is 5.75 Å². The van der Waals surface area contributed by atoms with Crippen LogP contribution in [0.15, 0.2) is 33.9 Å². The van der Waals surface area contributed by atoms with Crippen molar-refractivity contribution in [3.05, 3.63) is 60.4 Å². The molecule has 1 aliphatic rings. The number of aromatic nitrogens is 2. The van der Waals surface area contributed by atoms with Crippen LogP contribution in [0.4, 0.5) is 0 Å². The molecule has 132 valence electrons. The number of fused-ring (bicyclic) bond motifs is 2. The van der Waals surface area contributed by atoms with Crippen LogP contribution in [0.2, 0.25) is 10.0 Å². The van der Waals surface area contributed by atoms with E-state index in [1.807, 2.05) is 19.9 Å². The van der Waals surface area contributed by atoms with Gasteiger partial charge < -0.3 is 4.74 Å². The van der Waals surface area contributed by atoms with Gasteiger partial charge in [-0.05, 0) is 37.6 Å². The Morgan fingerprint density at radius 2 is 2.15 bits per heavy atom. The maximum atomic E-state index is 12.7. The van der Waals surface area contributed by atoms with Crippen molar-refractivity contribution in [2.75, 3.05) is 6.61 Å². The summed E-state index contributed by atoms with van der Waals surface area (Å²) in [7, 11) is 0. The first-order chi connectivity index (χ1) is 12.4. The molecule has 0 bridgehead atoms. The Labute approximate surface area is 163 Å². The van der Waals surface area contributed by atoms with E-state index < -0.39 is 0 Å². The first-order valence-electron chi connectivity index (χ1n) is 7.78. The normalized spacial score (nSPS) is 13.8. The lowest BCUT2D eigenvalue weighted by Crippen LogP contribution is -2.17. The predicted molar refractivity (Wildman–Crippen MR) is 107 cm³/mol. The van der Waals surface area contributed by atoms with Crippen molar-refractivity contribution in [1.82, 2.24) is 9.66 Å². The van der Waals surface area contributed by atoms with Crippen molar-refractivity contribution in [3.63, 3.8) is 0 Å². The molecule has 3 heterocycles. The lowest BCUT2D eigenvalue weighted by molar-refractivity contribution is 0.353. The van der Waals surface area contributed by atoms with Gasteiger partial charge in [0, 0.05) is 21.0 Å². The molecule has 0 saturated carbocycles. The molecule has 5 nitrogen and oxygen atoms in total. The highest BCUT2D eigenvalue weighted by Gasteiger charge is 2.15. The van der Waals surface area contributed by atoms with Gasteiger partial charge in [0.15, 0.2) is 0 Å². The molecule has 0 aliphatic carbocycles. The second-order valence-electron chi connectivity index (χ2n) is 5.92. The molecule has 8 heteroatoms. The molecule has 1 aliphatic heterocycles. The molecule has 0 unspecified atom stereocenters. The summed E-state index contributed by atoms with van der Waals surface area (Å²) in [5, 5.41) is 5.87. The Morgan fingerprint density at radius 1 is 1.35 bits per heavy atom. The fourth-order valence-electron chi connectivity index (χ4n) is 2.76. The van der Waals surface area contributed by atoms with Crippen LogP contribution in [0, 0.1) is 13.8 Å². The van der Waals surface area contributed by atoms with Crippen LogP contribution >= 0.6 is 34.5 Å². The summed E-state index contributed by atoms with van der Waals surface area (Å²) in [5.74, 6) is 0.595. The number of hydrogen-bond acceptors (Lipinski definition) is 5. The Hall–Kier alpha value is -2.15. The number of halogens is 2. The summed E-state index contributed by atoms with van der Waals surface area (Å²) in [6.07, 6.45) is 4.90. The first kappa shape index (κ1) is 17.3. The molecule has 0 N–H and O–H groups in total. The summed E-state index contributed by atoms with van der Waals surface area (Å²) in [6, 6.07) is 3.41. The highest BCUT2D eigenvalue weighted by Crippen LogP contribution is 2.36. The van der Waals surface area contributed by atoms with Gasteiger partial charge in [0.1, 0.15) is 23.5 Å². The molecule has 4 rings (SSSR count). The molecule has 0 radical (unpaired) electrons. The van der Waals surface area contributed by atoms with E-state index >= 15 is 0 Å². The predicted octanol–water partition coefficient (Wildman–Crippen LogP) is 4.69. The largest absolute Gasteiger partial charge is 0.487 e. The van der Waals surface area contributed by atoms with Crippen LogP contribution in [0.3, 0.4) is 0 Å². The minimum atomic E-state index is -0.183. The standard InChI is InChI=1S/C18H13Cl2N3O2S/c1-9-10(2)26-17-15(9)18(24)23(8-21-17)22-6-11-3-12-4-13(19)5-14(20)16(12)25-7-11/h3-6,8H,7H2,1-2H3/b22-6+. The first-order valence-corrected chi connectivity index (χ1v) is 9.35. The Kier molecular flexibility index (Phi) is 4.34. The van der Waals surface area contributed by atoms with Crippen molar-refractivity contribution in [1.29, 1.82) is 0 Å². The van der Waals surface area contributed by atoms with E-state index in [2.05, 4.69) is 10.1 Å². The fourth-order valence-corrected chi connectivity index (χ4v) is 4.31. The second-order valence-corrected chi connectivity index (χ2v) is 7.96. The van der Waals surface area contributed by atoms with Crippen LogP contribution in [0.1, 0.15) is 16.0 Å². The average molecular weight is 406 g/mol. The summed E-state index contributed by atoms with van der Waals surface area (Å²) < 4.78 is 6.92. The molecular formula is C18H13Cl2N3O2S. The lowest BCUT2D eigenvalue weighted by atomic mass is 10.1. The molecule has 2 aromatic heterocycles. The van der Waals surface area contributed by atoms with E-state index in [0.717, 1.165) is 26.4 Å². The van der Waals surface area contributed by atoms with E-state index in [4.69, 9.17) is 27.9 Å². The zero-order valence-electron chi connectivity index (χ0n) is 13.9. The molecule has 1 aromatic carbocycles. The van der Waals surface area contributed by atoms with Gasteiger partial charge in [-0.25, -0.2) is 4.98 Å². The third kappa shape index (κ3) is 2.94. The Bertz CT molecular complexity index is 1160. The van der Waals surface area contributed by atoms with E-state index in [1.54, 1.807) is 18.3 Å². The van der Waals surface area contributed by atoms with Crippen molar-refractivity contribution < 1.29 is 4.74 Å². The molecule has 0 saturated heterocycles. The van der Waals surface area contributed by atoms with Crippen molar-refractivity contribution in [2.45, 2.75) is 13.8 Å². The molecule has 26 heavy (non-hydrogen) atoms. The summed E-state index contributed by atoms with van der Waals surface area (Å²) in [5.41, 5.74) is 2.34. The van der Waals surface area contributed by atoms with Gasteiger partial charge in [0.25, 0.3) is 5.56 Å². The van der Waals surface area contributed by atoms with E-state index in [1.165, 1.54) is 22.3 Å². The second kappa shape index (κ2) is 6.54. The summed E-state index contributed by atoms with van der Waals surface area (Å²) in [6.45, 7) is 4.21. The van der Waals surface area contributed by atoms with Crippen molar-refractivity contribution in [2.24, 2.45) is 5.10 Å². The number of aryl methyl sites for hydroxylation is 2. The molecule has 0 spiro atoms. The van der Waals surface area contributed by atoms with Gasteiger partial charge in [-0.1, -0.05) is 23.2 Å². The zero-order valence-corrected chi connectivity index (χ0v) is 16.2. The summed E-state index contributed by atoms with van der Waals surface area (Å²) in [4.78, 5) is 18.8. The van der Waals surface area contributed by atoms with Gasteiger partial charge in [-0.15, -0.1) is 11.3 Å². The maximum Gasteiger partial charge on any atom is 0.282 e. The van der Waals surface area contributed by atoms with Gasteiger partial charge >= 0.3 is 0 Å². The van der Waals surface area contributed by atoms with E-state index in [0.29, 0.717) is 27.8 Å². The molecular weight excluding hydrogens is 393 g/mol. The highest BCUT2D eigenvalue weighted by molar-refractivity contribution is 7.18. The average Bonchev–Trinajstić information content (AvgIpc) is 2.89. The minimum Gasteiger partial charge on any atom is -0.487 e. The fraction of sp³-hybridized carbons (Fsp3) is 0.167. The number of nitrogens with zero attached hydrogens (tertiary/aromatic N) is 3. The van der Waals surface area contributed by atoms with E-state index in [9.17, 15) is 4.79 Å². The van der Waals surface area contributed by atoms with Crippen LogP contribution in [0.25, 0.3) is 16.3 Å². The molecule has 3 aromatic rings. The number of thiophene rings is 1. The van der Waals surface area contributed by atoms with Gasteiger partial charge in [-0.3, -0.25) is 4.79 Å². The number of benzene rings is 1. The van der Waals surface area contributed by atoms with Crippen molar-refractivity contribution in [3.8, 4) is 5.75 Å². The van der Waals surface area contributed by atoms with Crippen LogP contribution in [-0.4, -0.2) is 22.5 Å². The lowest BCUT2D eigenvalue weighted by Gasteiger charge is -2.17. The Balaban J connectivity index is 1.72. The zero-order chi connectivity index (χ0) is 18.4.